The van der Waals surface area contributed by atoms with Crippen LogP contribution in [-0.4, -0.2) is 14.2 Å². The van der Waals surface area contributed by atoms with Crippen molar-refractivity contribution in [1.29, 1.82) is 0 Å². The van der Waals surface area contributed by atoms with Gasteiger partial charge in [0.15, 0.2) is 0 Å². The van der Waals surface area contributed by atoms with Gasteiger partial charge in [-0.15, -0.1) is 0 Å². The predicted molar refractivity (Wildman–Crippen MR) is 104 cm³/mol. The van der Waals surface area contributed by atoms with Crippen molar-refractivity contribution in [2.45, 2.75) is 4.90 Å². The molecule has 0 amide bonds. The second kappa shape index (κ2) is 7.68. The Kier molecular flexibility index (Phi) is 5.35. The molecule has 3 aromatic rings. The van der Waals surface area contributed by atoms with Gasteiger partial charge in [-0.2, -0.15) is 0 Å². The Morgan fingerprint density at radius 1 is 0.769 bits per heavy atom. The quantitative estimate of drug-likeness (QED) is 0.459. The molecule has 0 N–H and O–H groups in total. The van der Waals surface area contributed by atoms with E-state index >= 15 is 0 Å². The molecular formula is C21H15ClO3S. The van der Waals surface area contributed by atoms with Crippen molar-refractivity contribution in [2.75, 3.05) is 0 Å². The maximum absolute atomic E-state index is 13.1. The molecule has 3 aromatic carbocycles. The van der Waals surface area contributed by atoms with Gasteiger partial charge in [-0.3, -0.25) is 4.79 Å². The Morgan fingerprint density at radius 3 is 1.88 bits per heavy atom. The van der Waals surface area contributed by atoms with Crippen LogP contribution in [0, 0.1) is 0 Å². The van der Waals surface area contributed by atoms with Crippen molar-refractivity contribution in [3.63, 3.8) is 0 Å². The number of benzene rings is 3. The number of Topliss-reactive ketones (excluding diaryl/α,β-unsaturated/α-hetero) is 1. The molecule has 5 heteroatoms. The van der Waals surface area contributed by atoms with Gasteiger partial charge in [0.2, 0.25) is 15.6 Å². The molecule has 0 saturated heterocycles. The van der Waals surface area contributed by atoms with Gasteiger partial charge in [0.05, 0.1) is 4.90 Å². The highest BCUT2D eigenvalue weighted by Crippen LogP contribution is 2.25. The minimum atomic E-state index is -3.98. The minimum Gasteiger partial charge on any atom is -0.288 e. The summed E-state index contributed by atoms with van der Waals surface area (Å²) >= 11 is 5.87. The maximum atomic E-state index is 13.1. The molecule has 0 radical (unpaired) electrons. The van der Waals surface area contributed by atoms with Crippen LogP contribution in [0.25, 0.3) is 6.08 Å². The summed E-state index contributed by atoms with van der Waals surface area (Å²) in [5.41, 5.74) is 0.889. The fourth-order valence-corrected chi connectivity index (χ4v) is 3.98. The van der Waals surface area contributed by atoms with E-state index in [0.717, 1.165) is 0 Å². The number of carbonyl (C=O) groups excluding carboxylic acids is 1. The molecular weight excluding hydrogens is 368 g/mol. The van der Waals surface area contributed by atoms with Crippen LogP contribution < -0.4 is 0 Å². The van der Waals surface area contributed by atoms with E-state index in [9.17, 15) is 13.2 Å². The average Bonchev–Trinajstić information content (AvgIpc) is 2.67. The Balaban J connectivity index is 2.16. The molecule has 0 saturated carbocycles. The summed E-state index contributed by atoms with van der Waals surface area (Å²) in [6.07, 6.45) is 1.40. The fraction of sp³-hybridized carbons (Fsp3) is 0. The lowest BCUT2D eigenvalue weighted by Gasteiger charge is -2.09. The molecule has 0 aliphatic rings. The first-order valence-corrected chi connectivity index (χ1v) is 9.72. The van der Waals surface area contributed by atoms with Crippen LogP contribution in [0.1, 0.15) is 15.9 Å². The summed E-state index contributed by atoms with van der Waals surface area (Å²) in [5.74, 6) is -0.575. The fourth-order valence-electron chi connectivity index (χ4n) is 2.44. The Bertz CT molecular complexity index is 1040. The average molecular weight is 383 g/mol. The highest BCUT2D eigenvalue weighted by Gasteiger charge is 2.27. The standard InChI is InChI=1S/C21H15ClO3S/c22-18-13-11-17(12-14-18)21(23)20(15-16-7-3-1-4-8-16)26(24,25)19-9-5-2-6-10-19/h1-15H/b20-15-. The Hall–Kier alpha value is -2.69. The highest BCUT2D eigenvalue weighted by molar-refractivity contribution is 7.96. The first-order chi connectivity index (χ1) is 12.5. The predicted octanol–water partition coefficient (Wildman–Crippen LogP) is 5.04. The monoisotopic (exact) mass is 382 g/mol. The zero-order chi connectivity index (χ0) is 18.6. The SMILES string of the molecule is O=C(/C(=C/c1ccccc1)S(=O)(=O)c1ccccc1)c1ccc(Cl)cc1. The number of carbonyl (C=O) groups is 1. The van der Waals surface area contributed by atoms with Crippen molar-refractivity contribution in [1.82, 2.24) is 0 Å². The van der Waals surface area contributed by atoms with E-state index in [0.29, 0.717) is 10.6 Å². The molecule has 0 fully saturated rings. The van der Waals surface area contributed by atoms with Crippen LogP contribution in [0.15, 0.2) is 94.7 Å². The van der Waals surface area contributed by atoms with E-state index < -0.39 is 15.6 Å². The lowest BCUT2D eigenvalue weighted by Crippen LogP contribution is -2.14. The van der Waals surface area contributed by atoms with Gasteiger partial charge in [-0.1, -0.05) is 60.1 Å². The molecule has 0 atom stereocenters. The normalized spacial score (nSPS) is 12.0. The number of hydrogen-bond acceptors (Lipinski definition) is 3. The van der Waals surface area contributed by atoms with E-state index in [1.807, 2.05) is 6.07 Å². The Morgan fingerprint density at radius 2 is 1.31 bits per heavy atom. The largest absolute Gasteiger partial charge is 0.288 e. The van der Waals surface area contributed by atoms with Crippen molar-refractivity contribution >= 4 is 33.3 Å². The van der Waals surface area contributed by atoms with Crippen molar-refractivity contribution < 1.29 is 13.2 Å². The highest BCUT2D eigenvalue weighted by atomic mass is 35.5. The van der Waals surface area contributed by atoms with Gasteiger partial charge in [0.1, 0.15) is 4.91 Å². The Labute approximate surface area is 157 Å². The number of sulfone groups is 1. The summed E-state index contributed by atoms with van der Waals surface area (Å²) in [4.78, 5) is 12.8. The maximum Gasteiger partial charge on any atom is 0.210 e. The molecule has 3 rings (SSSR count). The van der Waals surface area contributed by atoms with Crippen molar-refractivity contribution in [3.05, 3.63) is 106 Å². The van der Waals surface area contributed by atoms with Gasteiger partial charge in [-0.05, 0) is 48.0 Å². The summed E-state index contributed by atoms with van der Waals surface area (Å²) in [7, 11) is -3.98. The van der Waals surface area contributed by atoms with Gasteiger partial charge in [-0.25, -0.2) is 8.42 Å². The van der Waals surface area contributed by atoms with Gasteiger partial charge >= 0.3 is 0 Å². The molecule has 26 heavy (non-hydrogen) atoms. The van der Waals surface area contributed by atoms with Gasteiger partial charge < -0.3 is 0 Å². The smallest absolute Gasteiger partial charge is 0.210 e. The lowest BCUT2D eigenvalue weighted by atomic mass is 10.1. The molecule has 0 bridgehead atoms. The van der Waals surface area contributed by atoms with Crippen LogP contribution in [0.4, 0.5) is 0 Å². The summed E-state index contributed by atoms with van der Waals surface area (Å²) in [6.45, 7) is 0. The van der Waals surface area contributed by atoms with Crippen LogP contribution in [0.3, 0.4) is 0 Å². The molecule has 0 aromatic heterocycles. The number of allylic oxidation sites excluding steroid dienone is 1. The summed E-state index contributed by atoms with van der Waals surface area (Å²) in [6, 6.07) is 23.0. The van der Waals surface area contributed by atoms with Crippen LogP contribution in [0.5, 0.6) is 0 Å². The third-order valence-corrected chi connectivity index (χ3v) is 5.80. The van der Waals surface area contributed by atoms with Crippen LogP contribution >= 0.6 is 11.6 Å². The molecule has 130 valence electrons. The molecule has 0 unspecified atom stereocenters. The third-order valence-electron chi connectivity index (χ3n) is 3.77. The summed E-state index contributed by atoms with van der Waals surface area (Å²) in [5, 5.41) is 0.473. The van der Waals surface area contributed by atoms with Crippen molar-refractivity contribution in [3.8, 4) is 0 Å². The topological polar surface area (TPSA) is 51.2 Å². The molecule has 0 heterocycles. The van der Waals surface area contributed by atoms with E-state index in [4.69, 9.17) is 11.6 Å². The molecule has 0 aliphatic carbocycles. The van der Waals surface area contributed by atoms with Crippen LogP contribution in [-0.2, 0) is 9.84 Å². The van der Waals surface area contributed by atoms with E-state index in [-0.39, 0.29) is 15.4 Å². The number of hydrogen-bond donors (Lipinski definition) is 0. The minimum absolute atomic E-state index is 0.0736. The van der Waals surface area contributed by atoms with Crippen molar-refractivity contribution in [2.24, 2.45) is 0 Å². The molecule has 3 nitrogen and oxygen atoms in total. The van der Waals surface area contributed by atoms with E-state index in [1.165, 1.54) is 30.3 Å². The number of rotatable bonds is 5. The lowest BCUT2D eigenvalue weighted by molar-refractivity contribution is 0.104. The first kappa shape index (κ1) is 18.1. The zero-order valence-corrected chi connectivity index (χ0v) is 15.2. The molecule has 0 aliphatic heterocycles. The third kappa shape index (κ3) is 3.93. The van der Waals surface area contributed by atoms with Gasteiger partial charge in [0, 0.05) is 10.6 Å². The van der Waals surface area contributed by atoms with E-state index in [1.54, 1.807) is 54.6 Å². The second-order valence-corrected chi connectivity index (χ2v) is 7.93. The zero-order valence-electron chi connectivity index (χ0n) is 13.7. The van der Waals surface area contributed by atoms with E-state index in [2.05, 4.69) is 0 Å². The number of ketones is 1. The van der Waals surface area contributed by atoms with Crippen LogP contribution in [0.2, 0.25) is 5.02 Å². The number of halogens is 1. The summed E-state index contributed by atoms with van der Waals surface area (Å²) < 4.78 is 26.2. The van der Waals surface area contributed by atoms with Gasteiger partial charge in [0.25, 0.3) is 0 Å². The second-order valence-electron chi connectivity index (χ2n) is 5.57. The first-order valence-electron chi connectivity index (χ1n) is 7.85. The molecule has 0 spiro atoms.